The fourth-order valence-electron chi connectivity index (χ4n) is 4.09. The summed E-state index contributed by atoms with van der Waals surface area (Å²) in [6.45, 7) is 4.10. The minimum Gasteiger partial charge on any atom is -0.493 e. The van der Waals surface area contributed by atoms with Crippen molar-refractivity contribution in [1.82, 2.24) is 10.3 Å². The number of nitrogens with one attached hydrogen (secondary N) is 1. The molecule has 3 aromatic rings. The van der Waals surface area contributed by atoms with Crippen molar-refractivity contribution < 1.29 is 14.2 Å². The predicted octanol–water partition coefficient (Wildman–Crippen LogP) is 5.13. The molecule has 0 amide bonds. The molecule has 2 aromatic carbocycles. The zero-order valence-corrected chi connectivity index (χ0v) is 18.5. The summed E-state index contributed by atoms with van der Waals surface area (Å²) in [6.07, 6.45) is 7.15. The summed E-state index contributed by atoms with van der Waals surface area (Å²) in [6, 6.07) is 12.7. The van der Waals surface area contributed by atoms with Crippen molar-refractivity contribution in [3.05, 3.63) is 66.0 Å². The molecular formula is C26H28N2O3. The molecule has 0 aliphatic carbocycles. The number of nitrogens with zero attached hydrogens (tertiary/aromatic N) is 1. The number of aromatic nitrogens is 1. The highest BCUT2D eigenvalue weighted by Crippen LogP contribution is 2.42. The Bertz CT molecular complexity index is 1080. The number of benzene rings is 2. The molecule has 1 aliphatic heterocycles. The Labute approximate surface area is 183 Å². The van der Waals surface area contributed by atoms with E-state index in [9.17, 15) is 0 Å². The Hall–Kier alpha value is -3.31. The first-order valence-corrected chi connectivity index (χ1v) is 10.4. The maximum atomic E-state index is 5.53. The standard InChI is InChI=1S/C26H28N2O3/c1-17-22(20-7-5-18(6-8-20)19-9-11-27-12-10-19)15-28-16-23(17)21-13-24(29-2)26(31-4)25(14-21)30-3/h5-9,13-16,27H,10-12H2,1-4H3. The number of hydrogen-bond donors (Lipinski definition) is 1. The monoisotopic (exact) mass is 416 g/mol. The minimum absolute atomic E-state index is 0.582. The van der Waals surface area contributed by atoms with Gasteiger partial charge in [-0.05, 0) is 59.8 Å². The van der Waals surface area contributed by atoms with E-state index in [-0.39, 0.29) is 0 Å². The lowest BCUT2D eigenvalue weighted by Crippen LogP contribution is -2.19. The van der Waals surface area contributed by atoms with Gasteiger partial charge in [0.25, 0.3) is 0 Å². The molecule has 0 radical (unpaired) electrons. The van der Waals surface area contributed by atoms with Gasteiger partial charge in [0, 0.05) is 30.1 Å². The third-order valence-corrected chi connectivity index (χ3v) is 5.82. The van der Waals surface area contributed by atoms with Gasteiger partial charge in [0.05, 0.1) is 21.3 Å². The predicted molar refractivity (Wildman–Crippen MR) is 125 cm³/mol. The first-order valence-electron chi connectivity index (χ1n) is 10.4. The summed E-state index contributed by atoms with van der Waals surface area (Å²) in [7, 11) is 4.86. The van der Waals surface area contributed by atoms with Gasteiger partial charge in [-0.1, -0.05) is 30.3 Å². The van der Waals surface area contributed by atoms with E-state index in [1.165, 1.54) is 11.1 Å². The molecule has 0 fully saturated rings. The van der Waals surface area contributed by atoms with Crippen molar-refractivity contribution in [2.24, 2.45) is 0 Å². The van der Waals surface area contributed by atoms with Gasteiger partial charge >= 0.3 is 0 Å². The normalized spacial score (nSPS) is 13.5. The van der Waals surface area contributed by atoms with Crippen LogP contribution in [0, 0.1) is 6.92 Å². The van der Waals surface area contributed by atoms with Gasteiger partial charge < -0.3 is 19.5 Å². The van der Waals surface area contributed by atoms with Crippen molar-refractivity contribution in [2.75, 3.05) is 34.4 Å². The van der Waals surface area contributed by atoms with Crippen LogP contribution >= 0.6 is 0 Å². The lowest BCUT2D eigenvalue weighted by molar-refractivity contribution is 0.324. The number of ether oxygens (including phenoxy) is 3. The fraction of sp³-hybridized carbons (Fsp3) is 0.269. The van der Waals surface area contributed by atoms with Crippen molar-refractivity contribution in [1.29, 1.82) is 0 Å². The zero-order valence-electron chi connectivity index (χ0n) is 18.5. The van der Waals surface area contributed by atoms with Crippen LogP contribution in [0.2, 0.25) is 0 Å². The molecule has 0 saturated carbocycles. The van der Waals surface area contributed by atoms with E-state index in [0.29, 0.717) is 17.2 Å². The molecule has 160 valence electrons. The van der Waals surface area contributed by atoms with E-state index in [2.05, 4.69) is 47.6 Å². The first kappa shape index (κ1) is 20.9. The SMILES string of the molecule is COc1cc(-c2cncc(-c3ccc(C4=CCNCC4)cc3)c2C)cc(OC)c1OC. The minimum atomic E-state index is 0.582. The fourth-order valence-corrected chi connectivity index (χ4v) is 4.09. The van der Waals surface area contributed by atoms with Crippen LogP contribution in [0.15, 0.2) is 54.9 Å². The van der Waals surface area contributed by atoms with Crippen molar-refractivity contribution in [3.8, 4) is 39.5 Å². The molecular weight excluding hydrogens is 388 g/mol. The molecule has 1 N–H and O–H groups in total. The summed E-state index contributed by atoms with van der Waals surface area (Å²) >= 11 is 0. The Morgan fingerprint density at radius 3 is 1.97 bits per heavy atom. The van der Waals surface area contributed by atoms with Crippen LogP contribution in [-0.4, -0.2) is 39.4 Å². The van der Waals surface area contributed by atoms with E-state index >= 15 is 0 Å². The third kappa shape index (κ3) is 4.14. The number of rotatable bonds is 6. The molecule has 1 aromatic heterocycles. The largest absolute Gasteiger partial charge is 0.493 e. The Morgan fingerprint density at radius 1 is 0.806 bits per heavy atom. The number of hydrogen-bond acceptors (Lipinski definition) is 5. The lowest BCUT2D eigenvalue weighted by atomic mass is 9.93. The van der Waals surface area contributed by atoms with Crippen LogP contribution in [0.5, 0.6) is 17.2 Å². The molecule has 31 heavy (non-hydrogen) atoms. The highest BCUT2D eigenvalue weighted by molar-refractivity contribution is 5.80. The van der Waals surface area contributed by atoms with E-state index in [1.807, 2.05) is 24.5 Å². The smallest absolute Gasteiger partial charge is 0.203 e. The average Bonchev–Trinajstić information content (AvgIpc) is 2.84. The summed E-state index contributed by atoms with van der Waals surface area (Å²) in [4.78, 5) is 4.53. The molecule has 5 nitrogen and oxygen atoms in total. The number of pyridine rings is 1. The average molecular weight is 417 g/mol. The van der Waals surface area contributed by atoms with Crippen molar-refractivity contribution in [2.45, 2.75) is 13.3 Å². The third-order valence-electron chi connectivity index (χ3n) is 5.82. The van der Waals surface area contributed by atoms with Gasteiger partial charge in [-0.15, -0.1) is 0 Å². The van der Waals surface area contributed by atoms with Crippen molar-refractivity contribution >= 4 is 5.57 Å². The van der Waals surface area contributed by atoms with E-state index < -0.39 is 0 Å². The first-order chi connectivity index (χ1) is 15.2. The topological polar surface area (TPSA) is 52.6 Å². The van der Waals surface area contributed by atoms with Gasteiger partial charge in [0.15, 0.2) is 11.5 Å². The van der Waals surface area contributed by atoms with E-state index in [0.717, 1.165) is 47.3 Å². The highest BCUT2D eigenvalue weighted by atomic mass is 16.5. The lowest BCUT2D eigenvalue weighted by Gasteiger charge is -2.17. The highest BCUT2D eigenvalue weighted by Gasteiger charge is 2.17. The van der Waals surface area contributed by atoms with Crippen LogP contribution < -0.4 is 19.5 Å². The summed E-state index contributed by atoms with van der Waals surface area (Å²) in [5, 5.41) is 3.36. The van der Waals surface area contributed by atoms with Crippen LogP contribution in [0.3, 0.4) is 0 Å². The van der Waals surface area contributed by atoms with Crippen molar-refractivity contribution in [3.63, 3.8) is 0 Å². The van der Waals surface area contributed by atoms with Gasteiger partial charge in [0.1, 0.15) is 0 Å². The zero-order chi connectivity index (χ0) is 21.8. The van der Waals surface area contributed by atoms with Crippen LogP contribution in [0.25, 0.3) is 27.8 Å². The Balaban J connectivity index is 1.73. The second-order valence-corrected chi connectivity index (χ2v) is 7.53. The van der Waals surface area contributed by atoms with Crippen LogP contribution in [0.1, 0.15) is 17.5 Å². The molecule has 5 heteroatoms. The second kappa shape index (κ2) is 9.23. The molecule has 0 unspecified atom stereocenters. The molecule has 0 bridgehead atoms. The summed E-state index contributed by atoms with van der Waals surface area (Å²) in [5.41, 5.74) is 8.11. The van der Waals surface area contributed by atoms with Gasteiger partial charge in [-0.2, -0.15) is 0 Å². The molecule has 1 aliphatic rings. The van der Waals surface area contributed by atoms with Crippen LogP contribution in [0.4, 0.5) is 0 Å². The molecule has 0 saturated heterocycles. The van der Waals surface area contributed by atoms with E-state index in [1.54, 1.807) is 21.3 Å². The Morgan fingerprint density at radius 2 is 1.42 bits per heavy atom. The van der Waals surface area contributed by atoms with Gasteiger partial charge in [-0.3, -0.25) is 4.98 Å². The van der Waals surface area contributed by atoms with Gasteiger partial charge in [0.2, 0.25) is 5.75 Å². The molecule has 0 spiro atoms. The summed E-state index contributed by atoms with van der Waals surface area (Å²) in [5.74, 6) is 1.83. The maximum Gasteiger partial charge on any atom is 0.203 e. The molecule has 0 atom stereocenters. The second-order valence-electron chi connectivity index (χ2n) is 7.53. The maximum absolute atomic E-state index is 5.53. The van der Waals surface area contributed by atoms with E-state index in [4.69, 9.17) is 14.2 Å². The quantitative estimate of drug-likeness (QED) is 0.604. The van der Waals surface area contributed by atoms with Crippen LogP contribution in [-0.2, 0) is 0 Å². The Kier molecular flexibility index (Phi) is 6.23. The number of methoxy groups -OCH3 is 3. The molecule has 4 rings (SSSR count). The molecule has 2 heterocycles. The van der Waals surface area contributed by atoms with Gasteiger partial charge in [-0.25, -0.2) is 0 Å². The summed E-state index contributed by atoms with van der Waals surface area (Å²) < 4.78 is 16.5.